The Hall–Kier alpha value is -2.07. The van der Waals surface area contributed by atoms with E-state index >= 15 is 0 Å². The molecule has 0 fully saturated rings. The van der Waals surface area contributed by atoms with Gasteiger partial charge in [0.05, 0.1) is 11.6 Å². The average Bonchev–Trinajstić information content (AvgIpc) is 2.26. The summed E-state index contributed by atoms with van der Waals surface area (Å²) in [7, 11) is 0. The standard InChI is InChI=1S/C14H13N/c1-11(2)4-5-12(3)14-8-6-13(10-15)7-9-14/h4-9H,1,3H2,2H3/b5-4-. The third-order valence-electron chi connectivity index (χ3n) is 1.95. The number of benzene rings is 1. The highest BCUT2D eigenvalue weighted by atomic mass is 14.2. The number of hydrogen-bond donors (Lipinski definition) is 0. The molecular weight excluding hydrogens is 182 g/mol. The number of nitriles is 1. The SMILES string of the molecule is C=C(C)/C=C\C(=C)c1ccc(C#N)cc1. The van der Waals surface area contributed by atoms with Gasteiger partial charge in [0.25, 0.3) is 0 Å². The van der Waals surface area contributed by atoms with Crippen molar-refractivity contribution < 1.29 is 0 Å². The minimum absolute atomic E-state index is 0.662. The maximum Gasteiger partial charge on any atom is 0.0991 e. The Morgan fingerprint density at radius 1 is 1.20 bits per heavy atom. The molecule has 0 bridgehead atoms. The van der Waals surface area contributed by atoms with Crippen molar-refractivity contribution in [1.29, 1.82) is 5.26 Å². The summed E-state index contributed by atoms with van der Waals surface area (Å²) in [5, 5.41) is 8.65. The second-order valence-corrected chi connectivity index (χ2v) is 3.39. The molecule has 1 nitrogen and oxygen atoms in total. The molecule has 0 N–H and O–H groups in total. The van der Waals surface area contributed by atoms with Crippen LogP contribution in [0.5, 0.6) is 0 Å². The van der Waals surface area contributed by atoms with Gasteiger partial charge in [-0.15, -0.1) is 0 Å². The van der Waals surface area contributed by atoms with Gasteiger partial charge in [-0.05, 0) is 30.2 Å². The maximum absolute atomic E-state index is 8.65. The Kier molecular flexibility index (Phi) is 3.65. The molecule has 0 radical (unpaired) electrons. The molecule has 1 rings (SSSR count). The third-order valence-corrected chi connectivity index (χ3v) is 1.95. The van der Waals surface area contributed by atoms with Crippen molar-refractivity contribution in [2.24, 2.45) is 0 Å². The van der Waals surface area contributed by atoms with Gasteiger partial charge in [0.2, 0.25) is 0 Å². The number of nitrogens with zero attached hydrogens (tertiary/aromatic N) is 1. The maximum atomic E-state index is 8.65. The summed E-state index contributed by atoms with van der Waals surface area (Å²) < 4.78 is 0. The lowest BCUT2D eigenvalue weighted by molar-refractivity contribution is 1.48. The molecule has 74 valence electrons. The molecule has 1 aromatic rings. The summed E-state index contributed by atoms with van der Waals surface area (Å²) in [6.45, 7) is 9.65. The highest BCUT2D eigenvalue weighted by molar-refractivity contribution is 5.72. The predicted molar refractivity (Wildman–Crippen MR) is 64.1 cm³/mol. The molecule has 0 amide bonds. The second kappa shape index (κ2) is 4.97. The molecule has 0 spiro atoms. The zero-order valence-corrected chi connectivity index (χ0v) is 8.83. The smallest absolute Gasteiger partial charge is 0.0991 e. The van der Waals surface area contributed by atoms with Crippen molar-refractivity contribution in [2.75, 3.05) is 0 Å². The number of hydrogen-bond acceptors (Lipinski definition) is 1. The Morgan fingerprint density at radius 2 is 1.80 bits per heavy atom. The van der Waals surface area contributed by atoms with Gasteiger partial charge in [0.1, 0.15) is 0 Å². The molecule has 15 heavy (non-hydrogen) atoms. The van der Waals surface area contributed by atoms with Crippen molar-refractivity contribution in [1.82, 2.24) is 0 Å². The average molecular weight is 195 g/mol. The first kappa shape index (κ1) is 11.0. The van der Waals surface area contributed by atoms with Crippen LogP contribution in [0, 0.1) is 11.3 Å². The molecule has 0 aliphatic rings. The van der Waals surface area contributed by atoms with Crippen molar-refractivity contribution >= 4 is 5.57 Å². The van der Waals surface area contributed by atoms with E-state index in [-0.39, 0.29) is 0 Å². The monoisotopic (exact) mass is 195 g/mol. The Bertz CT molecular complexity index is 441. The van der Waals surface area contributed by atoms with Crippen LogP contribution in [0.25, 0.3) is 5.57 Å². The fourth-order valence-corrected chi connectivity index (χ4v) is 1.10. The van der Waals surface area contributed by atoms with Gasteiger partial charge in [-0.2, -0.15) is 5.26 Å². The number of rotatable bonds is 3. The fourth-order valence-electron chi connectivity index (χ4n) is 1.10. The van der Waals surface area contributed by atoms with Crippen LogP contribution in [-0.2, 0) is 0 Å². The predicted octanol–water partition coefficient (Wildman–Crippen LogP) is 3.70. The van der Waals surface area contributed by atoms with Crippen LogP contribution < -0.4 is 0 Å². The van der Waals surface area contributed by atoms with Crippen molar-refractivity contribution in [3.8, 4) is 6.07 Å². The van der Waals surface area contributed by atoms with E-state index in [4.69, 9.17) is 5.26 Å². The van der Waals surface area contributed by atoms with E-state index in [0.717, 1.165) is 16.7 Å². The third kappa shape index (κ3) is 3.28. The molecule has 1 aromatic carbocycles. The van der Waals surface area contributed by atoms with Crippen molar-refractivity contribution in [3.05, 3.63) is 66.3 Å². The van der Waals surface area contributed by atoms with Gasteiger partial charge in [-0.25, -0.2) is 0 Å². The van der Waals surface area contributed by atoms with Crippen LogP contribution in [0.3, 0.4) is 0 Å². The van der Waals surface area contributed by atoms with Crippen molar-refractivity contribution in [2.45, 2.75) is 6.92 Å². The van der Waals surface area contributed by atoms with Crippen LogP contribution in [0.1, 0.15) is 18.1 Å². The van der Waals surface area contributed by atoms with E-state index in [1.807, 2.05) is 31.2 Å². The fraction of sp³-hybridized carbons (Fsp3) is 0.0714. The summed E-state index contributed by atoms with van der Waals surface area (Å²) in [6.07, 6.45) is 3.84. The molecule has 1 heteroatoms. The molecule has 0 unspecified atom stereocenters. The summed E-state index contributed by atoms with van der Waals surface area (Å²) in [4.78, 5) is 0. The summed E-state index contributed by atoms with van der Waals surface area (Å²) in [5.74, 6) is 0. The topological polar surface area (TPSA) is 23.8 Å². The van der Waals surface area contributed by atoms with Gasteiger partial charge in [0, 0.05) is 0 Å². The highest BCUT2D eigenvalue weighted by Crippen LogP contribution is 2.14. The Morgan fingerprint density at radius 3 is 2.27 bits per heavy atom. The summed E-state index contributed by atoms with van der Waals surface area (Å²) >= 11 is 0. The zero-order chi connectivity index (χ0) is 11.3. The van der Waals surface area contributed by atoms with E-state index in [9.17, 15) is 0 Å². The minimum Gasteiger partial charge on any atom is -0.192 e. The highest BCUT2D eigenvalue weighted by Gasteiger charge is 1.95. The molecule has 0 aliphatic carbocycles. The van der Waals surface area contributed by atoms with Crippen molar-refractivity contribution in [3.63, 3.8) is 0 Å². The lowest BCUT2D eigenvalue weighted by atomic mass is 10.0. The minimum atomic E-state index is 0.662. The van der Waals surface area contributed by atoms with E-state index < -0.39 is 0 Å². The normalized spacial score (nSPS) is 9.87. The molecule has 0 heterocycles. The lowest BCUT2D eigenvalue weighted by Gasteiger charge is -1.99. The molecule has 0 saturated heterocycles. The number of allylic oxidation sites excluding steroid dienone is 4. The lowest BCUT2D eigenvalue weighted by Crippen LogP contribution is -1.80. The van der Waals surface area contributed by atoms with Gasteiger partial charge in [-0.3, -0.25) is 0 Å². The second-order valence-electron chi connectivity index (χ2n) is 3.39. The van der Waals surface area contributed by atoms with Gasteiger partial charge >= 0.3 is 0 Å². The first-order valence-electron chi connectivity index (χ1n) is 4.66. The van der Waals surface area contributed by atoms with E-state index in [2.05, 4.69) is 19.2 Å². The van der Waals surface area contributed by atoms with Crippen LogP contribution >= 0.6 is 0 Å². The quantitative estimate of drug-likeness (QED) is 0.674. The van der Waals surface area contributed by atoms with Crippen LogP contribution in [0.15, 0.2) is 55.1 Å². The van der Waals surface area contributed by atoms with Crippen LogP contribution in [0.4, 0.5) is 0 Å². The Balaban J connectivity index is 2.84. The van der Waals surface area contributed by atoms with Gasteiger partial charge < -0.3 is 0 Å². The zero-order valence-electron chi connectivity index (χ0n) is 8.83. The Labute approximate surface area is 90.7 Å². The van der Waals surface area contributed by atoms with E-state index in [1.165, 1.54) is 0 Å². The largest absolute Gasteiger partial charge is 0.192 e. The molecule has 0 saturated carbocycles. The molecular formula is C14H13N. The summed E-state index contributed by atoms with van der Waals surface area (Å²) in [6, 6.07) is 9.44. The van der Waals surface area contributed by atoms with Crippen LogP contribution in [-0.4, -0.2) is 0 Å². The molecule has 0 aromatic heterocycles. The van der Waals surface area contributed by atoms with Gasteiger partial charge in [-0.1, -0.05) is 43.0 Å². The summed E-state index contributed by atoms with van der Waals surface area (Å²) in [5.41, 5.74) is 3.59. The first-order valence-corrected chi connectivity index (χ1v) is 4.66. The van der Waals surface area contributed by atoms with E-state index in [1.54, 1.807) is 12.1 Å². The van der Waals surface area contributed by atoms with Crippen LogP contribution in [0.2, 0.25) is 0 Å². The molecule has 0 aliphatic heterocycles. The van der Waals surface area contributed by atoms with E-state index in [0.29, 0.717) is 5.56 Å². The van der Waals surface area contributed by atoms with Gasteiger partial charge in [0.15, 0.2) is 0 Å². The molecule has 0 atom stereocenters. The first-order chi connectivity index (χ1) is 7.13.